The van der Waals surface area contributed by atoms with Crippen LogP contribution in [0.1, 0.15) is 32.1 Å². The van der Waals surface area contributed by atoms with Crippen molar-refractivity contribution < 1.29 is 19.1 Å². The van der Waals surface area contributed by atoms with Gasteiger partial charge < -0.3 is 15.4 Å². The second-order valence-electron chi connectivity index (χ2n) is 4.46. The fourth-order valence-corrected chi connectivity index (χ4v) is 1.84. The van der Waals surface area contributed by atoms with Crippen molar-refractivity contribution in [3.05, 3.63) is 52.6 Å². The normalized spacial score (nSPS) is 10.3. The number of halogens is 1. The van der Waals surface area contributed by atoms with Crippen molar-refractivity contribution in [2.45, 2.75) is 13.8 Å². The highest BCUT2D eigenvalue weighted by Crippen LogP contribution is 2.18. The summed E-state index contributed by atoms with van der Waals surface area (Å²) in [6, 6.07) is 5.48. The van der Waals surface area contributed by atoms with Crippen LogP contribution in [0.3, 0.4) is 0 Å². The average molecular weight is 276 g/mol. The van der Waals surface area contributed by atoms with Gasteiger partial charge in [-0.3, -0.25) is 4.79 Å². The smallest absolute Gasteiger partial charge is 0.354 e. The highest BCUT2D eigenvalue weighted by atomic mass is 19.1. The van der Waals surface area contributed by atoms with Crippen LogP contribution in [0.15, 0.2) is 24.3 Å². The molecule has 0 fully saturated rings. The number of rotatable bonds is 3. The molecule has 0 atom stereocenters. The minimum atomic E-state index is -1.16. The van der Waals surface area contributed by atoms with E-state index in [2.05, 4.69) is 10.3 Å². The highest BCUT2D eigenvalue weighted by Gasteiger charge is 2.16. The molecule has 1 amide bonds. The molecule has 0 radical (unpaired) electrons. The lowest BCUT2D eigenvalue weighted by atomic mass is 10.1. The monoisotopic (exact) mass is 276 g/mol. The van der Waals surface area contributed by atoms with Gasteiger partial charge in [0.05, 0.1) is 5.69 Å². The molecule has 2 aromatic rings. The summed E-state index contributed by atoms with van der Waals surface area (Å²) in [6.45, 7) is 3.24. The Kier molecular flexibility index (Phi) is 3.56. The summed E-state index contributed by atoms with van der Waals surface area (Å²) in [6.07, 6.45) is 0. The van der Waals surface area contributed by atoms with Gasteiger partial charge in [-0.05, 0) is 43.7 Å². The van der Waals surface area contributed by atoms with Gasteiger partial charge in [-0.1, -0.05) is 0 Å². The predicted molar refractivity (Wildman–Crippen MR) is 71.6 cm³/mol. The van der Waals surface area contributed by atoms with Gasteiger partial charge in [-0.25, -0.2) is 9.18 Å². The number of carbonyl (C=O) groups is 2. The first-order valence-electron chi connectivity index (χ1n) is 5.89. The summed E-state index contributed by atoms with van der Waals surface area (Å²) in [5.41, 5.74) is 1.32. The molecule has 0 saturated heterocycles. The van der Waals surface area contributed by atoms with Gasteiger partial charge in [0.2, 0.25) is 0 Å². The number of amides is 1. The van der Waals surface area contributed by atoms with Crippen LogP contribution in [-0.2, 0) is 0 Å². The summed E-state index contributed by atoms with van der Waals surface area (Å²) in [5.74, 6) is -2.05. The number of hydrogen-bond acceptors (Lipinski definition) is 2. The number of aromatic amines is 1. The largest absolute Gasteiger partial charge is 0.477 e. The maximum absolute atomic E-state index is 13.1. The summed E-state index contributed by atoms with van der Waals surface area (Å²) in [5, 5.41) is 11.5. The second kappa shape index (κ2) is 5.16. The van der Waals surface area contributed by atoms with Gasteiger partial charge in [0.15, 0.2) is 0 Å². The van der Waals surface area contributed by atoms with E-state index in [0.717, 1.165) is 0 Å². The number of aryl methyl sites for hydroxylation is 2. The van der Waals surface area contributed by atoms with Crippen LogP contribution in [-0.4, -0.2) is 22.0 Å². The molecule has 20 heavy (non-hydrogen) atoms. The van der Waals surface area contributed by atoms with Gasteiger partial charge in [0.1, 0.15) is 11.5 Å². The molecule has 5 nitrogen and oxygen atoms in total. The molecule has 6 heteroatoms. The maximum atomic E-state index is 13.1. The Labute approximate surface area is 114 Å². The van der Waals surface area contributed by atoms with E-state index in [0.29, 0.717) is 11.3 Å². The van der Waals surface area contributed by atoms with E-state index in [1.54, 1.807) is 13.8 Å². The molecule has 0 unspecified atom stereocenters. The van der Waals surface area contributed by atoms with Gasteiger partial charge in [0, 0.05) is 11.3 Å². The number of aromatic carboxylic acids is 1. The molecule has 1 aromatic carbocycles. The van der Waals surface area contributed by atoms with Crippen molar-refractivity contribution >= 4 is 17.6 Å². The van der Waals surface area contributed by atoms with E-state index < -0.39 is 17.7 Å². The number of carbonyl (C=O) groups excluding carboxylic acids is 1. The Bertz CT molecular complexity index is 692. The molecule has 3 N–H and O–H groups in total. The van der Waals surface area contributed by atoms with Gasteiger partial charge in [0.25, 0.3) is 5.91 Å². The average Bonchev–Trinajstić information content (AvgIpc) is 2.73. The van der Waals surface area contributed by atoms with E-state index in [-0.39, 0.29) is 16.9 Å². The first-order chi connectivity index (χ1) is 9.38. The summed E-state index contributed by atoms with van der Waals surface area (Å²) >= 11 is 0. The SMILES string of the molecule is Cc1cc(NC(=O)c2ccc(F)c(C)c2)c(C(=O)O)[nH]1. The van der Waals surface area contributed by atoms with Crippen molar-refractivity contribution in [1.29, 1.82) is 0 Å². The Morgan fingerprint density at radius 2 is 1.95 bits per heavy atom. The van der Waals surface area contributed by atoms with Crippen molar-refractivity contribution in [3.8, 4) is 0 Å². The lowest BCUT2D eigenvalue weighted by Crippen LogP contribution is -2.14. The van der Waals surface area contributed by atoms with Crippen molar-refractivity contribution in [2.24, 2.45) is 0 Å². The number of hydrogen-bond donors (Lipinski definition) is 3. The van der Waals surface area contributed by atoms with Crippen LogP contribution in [0.25, 0.3) is 0 Å². The Balaban J connectivity index is 2.27. The molecule has 2 rings (SSSR count). The van der Waals surface area contributed by atoms with E-state index >= 15 is 0 Å². The Hall–Kier alpha value is -2.63. The molecule has 0 aliphatic heterocycles. The third kappa shape index (κ3) is 2.69. The van der Waals surface area contributed by atoms with Gasteiger partial charge >= 0.3 is 5.97 Å². The van der Waals surface area contributed by atoms with E-state index in [1.807, 2.05) is 0 Å². The zero-order chi connectivity index (χ0) is 14.9. The summed E-state index contributed by atoms with van der Waals surface area (Å²) in [7, 11) is 0. The van der Waals surface area contributed by atoms with Crippen molar-refractivity contribution in [3.63, 3.8) is 0 Å². The summed E-state index contributed by atoms with van der Waals surface area (Å²) < 4.78 is 13.1. The summed E-state index contributed by atoms with van der Waals surface area (Å²) in [4.78, 5) is 25.7. The number of aromatic nitrogens is 1. The number of nitrogens with one attached hydrogen (secondary N) is 2. The van der Waals surface area contributed by atoms with Crippen LogP contribution < -0.4 is 5.32 Å². The molecule has 104 valence electrons. The number of benzene rings is 1. The standard InChI is InChI=1S/C14H13FN2O3/c1-7-5-9(3-4-10(7)15)13(18)17-11-6-8(2)16-12(11)14(19)20/h3-6,16H,1-2H3,(H,17,18)(H,19,20). The number of anilines is 1. The van der Waals surface area contributed by atoms with Gasteiger partial charge in [-0.2, -0.15) is 0 Å². The maximum Gasteiger partial charge on any atom is 0.354 e. The minimum Gasteiger partial charge on any atom is -0.477 e. The molecule has 0 saturated carbocycles. The molecule has 0 bridgehead atoms. The third-order valence-corrected chi connectivity index (χ3v) is 2.83. The molecule has 0 aliphatic rings. The molecular formula is C14H13FN2O3. The lowest BCUT2D eigenvalue weighted by molar-refractivity contribution is 0.0692. The molecule has 1 aromatic heterocycles. The van der Waals surface area contributed by atoms with Crippen molar-refractivity contribution in [2.75, 3.05) is 5.32 Å². The Morgan fingerprint density at radius 3 is 2.55 bits per heavy atom. The predicted octanol–water partition coefficient (Wildman–Crippen LogP) is 2.72. The molecule has 0 aliphatic carbocycles. The lowest BCUT2D eigenvalue weighted by Gasteiger charge is -2.05. The zero-order valence-electron chi connectivity index (χ0n) is 11.0. The zero-order valence-corrected chi connectivity index (χ0v) is 11.0. The number of carboxylic acids is 1. The number of carboxylic acid groups (broad SMARTS) is 1. The fraction of sp³-hybridized carbons (Fsp3) is 0.143. The van der Waals surface area contributed by atoms with E-state index in [1.165, 1.54) is 24.3 Å². The molecule has 0 spiro atoms. The quantitative estimate of drug-likeness (QED) is 0.806. The highest BCUT2D eigenvalue weighted by molar-refractivity contribution is 6.07. The topological polar surface area (TPSA) is 82.2 Å². The first kappa shape index (κ1) is 13.8. The molecular weight excluding hydrogens is 263 g/mol. The van der Waals surface area contributed by atoms with Gasteiger partial charge in [-0.15, -0.1) is 0 Å². The van der Waals surface area contributed by atoms with Crippen molar-refractivity contribution in [1.82, 2.24) is 4.98 Å². The van der Waals surface area contributed by atoms with E-state index in [9.17, 15) is 14.0 Å². The van der Waals surface area contributed by atoms with E-state index in [4.69, 9.17) is 5.11 Å². The van der Waals surface area contributed by atoms with Crippen LogP contribution in [0.2, 0.25) is 0 Å². The van der Waals surface area contributed by atoms with Crippen LogP contribution >= 0.6 is 0 Å². The number of H-pyrrole nitrogens is 1. The first-order valence-corrected chi connectivity index (χ1v) is 5.89. The second-order valence-corrected chi connectivity index (χ2v) is 4.46. The fourth-order valence-electron chi connectivity index (χ4n) is 1.84. The Morgan fingerprint density at radius 1 is 1.25 bits per heavy atom. The molecule has 1 heterocycles. The minimum absolute atomic E-state index is 0.0883. The van der Waals surface area contributed by atoms with Crippen LogP contribution in [0.4, 0.5) is 10.1 Å². The van der Waals surface area contributed by atoms with Crippen LogP contribution in [0.5, 0.6) is 0 Å². The third-order valence-electron chi connectivity index (χ3n) is 2.83. The van der Waals surface area contributed by atoms with Crippen LogP contribution in [0, 0.1) is 19.7 Å².